The predicted octanol–water partition coefficient (Wildman–Crippen LogP) is 1.49. The summed E-state index contributed by atoms with van der Waals surface area (Å²) in [6.45, 7) is 4.30. The van der Waals surface area contributed by atoms with Gasteiger partial charge in [0.15, 0.2) is 0 Å². The molecule has 0 saturated carbocycles. The molecule has 0 spiro atoms. The Bertz CT molecular complexity index is 386. The van der Waals surface area contributed by atoms with E-state index in [2.05, 4.69) is 0 Å². The fourth-order valence-electron chi connectivity index (χ4n) is 1.97. The highest BCUT2D eigenvalue weighted by Crippen LogP contribution is 2.19. The van der Waals surface area contributed by atoms with Crippen molar-refractivity contribution in [3.05, 3.63) is 30.1 Å². The summed E-state index contributed by atoms with van der Waals surface area (Å²) in [6, 6.07) is 6.76. The molecule has 2 rings (SSSR count). The number of carbonyl (C=O) groups is 1. The Balaban J connectivity index is 2.05. The Morgan fingerprint density at radius 3 is 2.38 bits per heavy atom. The highest BCUT2D eigenvalue weighted by molar-refractivity contribution is 5.73. The van der Waals surface area contributed by atoms with Crippen molar-refractivity contribution < 1.29 is 9.18 Å². The molecule has 0 unspecified atom stereocenters. The van der Waals surface area contributed by atoms with E-state index in [1.54, 1.807) is 24.0 Å². The lowest BCUT2D eigenvalue weighted by Crippen LogP contribution is -2.48. The third kappa shape index (κ3) is 2.15. The van der Waals surface area contributed by atoms with Crippen molar-refractivity contribution in [1.29, 1.82) is 0 Å². The van der Waals surface area contributed by atoms with E-state index in [1.807, 2.05) is 11.0 Å². The van der Waals surface area contributed by atoms with E-state index >= 15 is 0 Å². The lowest BCUT2D eigenvalue weighted by atomic mass is 10.2. The molecule has 16 heavy (non-hydrogen) atoms. The fourth-order valence-corrected chi connectivity index (χ4v) is 1.97. The molecule has 1 amide bonds. The van der Waals surface area contributed by atoms with Crippen LogP contribution in [0.1, 0.15) is 6.92 Å². The highest BCUT2D eigenvalue weighted by Gasteiger charge is 2.20. The van der Waals surface area contributed by atoms with Crippen molar-refractivity contribution in [2.45, 2.75) is 6.92 Å². The SMILES string of the molecule is CC(=O)N1CCN(c2ccccc2F)CC1. The largest absolute Gasteiger partial charge is 0.366 e. The number of rotatable bonds is 1. The van der Waals surface area contributed by atoms with Crippen molar-refractivity contribution in [3.8, 4) is 0 Å². The molecule has 0 bridgehead atoms. The Kier molecular flexibility index (Phi) is 3.08. The van der Waals surface area contributed by atoms with E-state index in [0.717, 1.165) is 0 Å². The Morgan fingerprint density at radius 1 is 1.19 bits per heavy atom. The van der Waals surface area contributed by atoms with Crippen LogP contribution in [-0.4, -0.2) is 37.0 Å². The second kappa shape index (κ2) is 4.51. The quantitative estimate of drug-likeness (QED) is 0.718. The molecule has 1 heterocycles. The number of para-hydroxylation sites is 1. The Morgan fingerprint density at radius 2 is 1.81 bits per heavy atom. The van der Waals surface area contributed by atoms with Crippen LogP contribution in [0.4, 0.5) is 10.1 Å². The smallest absolute Gasteiger partial charge is 0.219 e. The summed E-state index contributed by atoms with van der Waals surface area (Å²) in [4.78, 5) is 14.9. The third-order valence-electron chi connectivity index (χ3n) is 2.92. The molecule has 1 aliphatic rings. The lowest BCUT2D eigenvalue weighted by molar-refractivity contribution is -0.129. The molecule has 4 heteroatoms. The maximum atomic E-state index is 13.5. The van der Waals surface area contributed by atoms with Crippen LogP contribution in [0.3, 0.4) is 0 Å². The first-order valence-corrected chi connectivity index (χ1v) is 5.43. The van der Waals surface area contributed by atoms with Gasteiger partial charge in [-0.25, -0.2) is 4.39 Å². The maximum absolute atomic E-state index is 13.5. The van der Waals surface area contributed by atoms with Gasteiger partial charge < -0.3 is 9.80 Å². The first-order valence-electron chi connectivity index (χ1n) is 5.43. The standard InChI is InChI=1S/C12H15FN2O/c1-10(16)14-6-8-15(9-7-14)12-5-3-2-4-11(12)13/h2-5H,6-9H2,1H3. The lowest BCUT2D eigenvalue weighted by Gasteiger charge is -2.35. The Labute approximate surface area is 94.5 Å². The van der Waals surface area contributed by atoms with Crippen LogP contribution in [0.15, 0.2) is 24.3 Å². The van der Waals surface area contributed by atoms with Crippen LogP contribution in [-0.2, 0) is 4.79 Å². The predicted molar refractivity (Wildman–Crippen MR) is 60.9 cm³/mol. The van der Waals surface area contributed by atoms with Crippen LogP contribution < -0.4 is 4.90 Å². The first-order chi connectivity index (χ1) is 7.68. The van der Waals surface area contributed by atoms with E-state index in [-0.39, 0.29) is 11.7 Å². The minimum absolute atomic E-state index is 0.0909. The zero-order chi connectivity index (χ0) is 11.5. The average Bonchev–Trinajstić information content (AvgIpc) is 2.30. The molecule has 1 aromatic rings. The van der Waals surface area contributed by atoms with Gasteiger partial charge in [-0.15, -0.1) is 0 Å². The summed E-state index contributed by atoms with van der Waals surface area (Å²) < 4.78 is 13.5. The van der Waals surface area contributed by atoms with Crippen LogP contribution >= 0.6 is 0 Å². The summed E-state index contributed by atoms with van der Waals surface area (Å²) in [5.74, 6) is -0.105. The summed E-state index contributed by atoms with van der Waals surface area (Å²) >= 11 is 0. The topological polar surface area (TPSA) is 23.6 Å². The second-order valence-corrected chi connectivity index (χ2v) is 3.94. The van der Waals surface area contributed by atoms with E-state index in [9.17, 15) is 9.18 Å². The molecule has 1 aromatic carbocycles. The van der Waals surface area contributed by atoms with Gasteiger partial charge in [-0.3, -0.25) is 4.79 Å². The van der Waals surface area contributed by atoms with Gasteiger partial charge in [-0.1, -0.05) is 12.1 Å². The molecule has 86 valence electrons. The van der Waals surface area contributed by atoms with Crippen LogP contribution in [0.2, 0.25) is 0 Å². The van der Waals surface area contributed by atoms with Crippen molar-refractivity contribution in [3.63, 3.8) is 0 Å². The number of nitrogens with zero attached hydrogens (tertiary/aromatic N) is 2. The van der Waals surface area contributed by atoms with Gasteiger partial charge in [0.2, 0.25) is 5.91 Å². The van der Waals surface area contributed by atoms with Gasteiger partial charge in [0, 0.05) is 33.1 Å². The normalized spacial score (nSPS) is 16.4. The molecule has 3 nitrogen and oxygen atoms in total. The summed E-state index contributed by atoms with van der Waals surface area (Å²) in [6.07, 6.45) is 0. The van der Waals surface area contributed by atoms with Gasteiger partial charge in [0.25, 0.3) is 0 Å². The van der Waals surface area contributed by atoms with Crippen molar-refractivity contribution in [2.24, 2.45) is 0 Å². The monoisotopic (exact) mass is 222 g/mol. The molecule has 0 aliphatic carbocycles. The van der Waals surface area contributed by atoms with Gasteiger partial charge in [-0.05, 0) is 12.1 Å². The molecule has 0 atom stereocenters. The first kappa shape index (κ1) is 10.9. The molecule has 1 aliphatic heterocycles. The minimum atomic E-state index is -0.196. The van der Waals surface area contributed by atoms with E-state index in [0.29, 0.717) is 31.9 Å². The minimum Gasteiger partial charge on any atom is -0.366 e. The molecule has 1 saturated heterocycles. The molecule has 0 aromatic heterocycles. The number of amides is 1. The molecule has 0 N–H and O–H groups in total. The number of hydrogen-bond acceptors (Lipinski definition) is 2. The Hall–Kier alpha value is -1.58. The number of halogens is 1. The zero-order valence-corrected chi connectivity index (χ0v) is 9.32. The second-order valence-electron chi connectivity index (χ2n) is 3.94. The fraction of sp³-hybridized carbons (Fsp3) is 0.417. The summed E-state index contributed by atoms with van der Waals surface area (Å²) in [5.41, 5.74) is 0.630. The number of carbonyl (C=O) groups excluding carboxylic acids is 1. The van der Waals surface area contributed by atoms with Gasteiger partial charge in [0.05, 0.1) is 5.69 Å². The molecule has 1 fully saturated rings. The van der Waals surface area contributed by atoms with Crippen LogP contribution in [0.5, 0.6) is 0 Å². The maximum Gasteiger partial charge on any atom is 0.219 e. The van der Waals surface area contributed by atoms with Crippen molar-refractivity contribution in [1.82, 2.24) is 4.90 Å². The highest BCUT2D eigenvalue weighted by atomic mass is 19.1. The number of anilines is 1. The average molecular weight is 222 g/mol. The number of benzene rings is 1. The number of hydrogen-bond donors (Lipinski definition) is 0. The van der Waals surface area contributed by atoms with Gasteiger partial charge in [-0.2, -0.15) is 0 Å². The molecular weight excluding hydrogens is 207 g/mol. The van der Waals surface area contributed by atoms with Crippen LogP contribution in [0.25, 0.3) is 0 Å². The van der Waals surface area contributed by atoms with Gasteiger partial charge in [0.1, 0.15) is 5.82 Å². The van der Waals surface area contributed by atoms with Crippen molar-refractivity contribution in [2.75, 3.05) is 31.1 Å². The van der Waals surface area contributed by atoms with Crippen LogP contribution in [0, 0.1) is 5.82 Å². The van der Waals surface area contributed by atoms with E-state index in [1.165, 1.54) is 6.07 Å². The molecular formula is C12H15FN2O. The van der Waals surface area contributed by atoms with Gasteiger partial charge >= 0.3 is 0 Å². The third-order valence-corrected chi connectivity index (χ3v) is 2.92. The molecule has 0 radical (unpaired) electrons. The zero-order valence-electron chi connectivity index (χ0n) is 9.32. The number of piperazine rings is 1. The summed E-state index contributed by atoms with van der Waals surface area (Å²) in [5, 5.41) is 0. The summed E-state index contributed by atoms with van der Waals surface area (Å²) in [7, 11) is 0. The van der Waals surface area contributed by atoms with Crippen molar-refractivity contribution >= 4 is 11.6 Å². The van der Waals surface area contributed by atoms with E-state index in [4.69, 9.17) is 0 Å². The van der Waals surface area contributed by atoms with E-state index < -0.39 is 0 Å².